The van der Waals surface area contributed by atoms with E-state index in [0.29, 0.717) is 18.3 Å². The number of nitrogens with zero attached hydrogens (tertiary/aromatic N) is 4. The first-order chi connectivity index (χ1) is 8.17. The Balaban J connectivity index is 2.00. The molecule has 2 rings (SSSR count). The minimum atomic E-state index is 0.180. The van der Waals surface area contributed by atoms with Crippen LogP contribution < -0.4 is 17.2 Å². The fraction of sp³-hybridized carbons (Fsp3) is 0.700. The normalized spacial score (nSPS) is 21.6. The van der Waals surface area contributed by atoms with Gasteiger partial charge in [0.1, 0.15) is 5.82 Å². The van der Waals surface area contributed by atoms with Gasteiger partial charge in [-0.25, -0.2) is 0 Å². The molecular formula is C10H19N7. The topological polar surface area (TPSA) is 120 Å². The smallest absolute Gasteiger partial charge is 0.225 e. The third kappa shape index (κ3) is 3.24. The first-order valence-electron chi connectivity index (χ1n) is 5.85. The maximum absolute atomic E-state index is 5.70. The van der Waals surface area contributed by atoms with Crippen LogP contribution in [0.4, 0.5) is 11.9 Å². The quantitative estimate of drug-likeness (QED) is 0.629. The summed E-state index contributed by atoms with van der Waals surface area (Å²) in [6, 6.07) is 0. The molecule has 17 heavy (non-hydrogen) atoms. The molecule has 0 bridgehead atoms. The van der Waals surface area contributed by atoms with E-state index in [4.69, 9.17) is 17.2 Å². The van der Waals surface area contributed by atoms with Crippen LogP contribution in [-0.4, -0.2) is 39.5 Å². The Hall–Kier alpha value is -1.47. The predicted octanol–water partition coefficient (Wildman–Crippen LogP) is -0.793. The highest BCUT2D eigenvalue weighted by Gasteiger charge is 2.19. The lowest BCUT2D eigenvalue weighted by atomic mass is 9.98. The van der Waals surface area contributed by atoms with E-state index in [2.05, 4.69) is 19.9 Å². The predicted molar refractivity (Wildman–Crippen MR) is 65.7 cm³/mol. The van der Waals surface area contributed by atoms with Gasteiger partial charge in [-0.3, -0.25) is 4.90 Å². The summed E-state index contributed by atoms with van der Waals surface area (Å²) in [7, 11) is 0. The minimum Gasteiger partial charge on any atom is -0.368 e. The molecular weight excluding hydrogens is 218 g/mol. The summed E-state index contributed by atoms with van der Waals surface area (Å²) in [4.78, 5) is 14.2. The third-order valence-corrected chi connectivity index (χ3v) is 3.02. The fourth-order valence-corrected chi connectivity index (χ4v) is 2.21. The minimum absolute atomic E-state index is 0.180. The van der Waals surface area contributed by atoms with E-state index < -0.39 is 0 Å². The van der Waals surface area contributed by atoms with E-state index in [1.807, 2.05) is 0 Å². The van der Waals surface area contributed by atoms with Gasteiger partial charge < -0.3 is 17.2 Å². The van der Waals surface area contributed by atoms with E-state index in [1.54, 1.807) is 0 Å². The van der Waals surface area contributed by atoms with Gasteiger partial charge in [-0.05, 0) is 31.8 Å². The summed E-state index contributed by atoms with van der Waals surface area (Å²) >= 11 is 0. The van der Waals surface area contributed by atoms with Crippen LogP contribution in [0.3, 0.4) is 0 Å². The van der Waals surface area contributed by atoms with Crippen LogP contribution in [0.5, 0.6) is 0 Å². The third-order valence-electron chi connectivity index (χ3n) is 3.02. The highest BCUT2D eigenvalue weighted by molar-refractivity contribution is 5.25. The van der Waals surface area contributed by atoms with Crippen molar-refractivity contribution in [1.29, 1.82) is 0 Å². The molecule has 1 saturated heterocycles. The van der Waals surface area contributed by atoms with E-state index in [1.165, 1.54) is 6.42 Å². The van der Waals surface area contributed by atoms with Crippen molar-refractivity contribution in [1.82, 2.24) is 19.9 Å². The van der Waals surface area contributed by atoms with Gasteiger partial charge in [-0.15, -0.1) is 0 Å². The molecule has 7 heteroatoms. The monoisotopic (exact) mass is 237 g/mol. The lowest BCUT2D eigenvalue weighted by molar-refractivity contribution is 0.167. The molecule has 0 aliphatic carbocycles. The zero-order valence-corrected chi connectivity index (χ0v) is 9.84. The molecule has 1 aliphatic heterocycles. The summed E-state index contributed by atoms with van der Waals surface area (Å²) in [6.07, 6.45) is 2.37. The number of hydrogen-bond acceptors (Lipinski definition) is 7. The zero-order chi connectivity index (χ0) is 12.3. The van der Waals surface area contributed by atoms with Crippen molar-refractivity contribution >= 4 is 11.9 Å². The maximum atomic E-state index is 5.70. The molecule has 1 aromatic rings. The fourth-order valence-electron chi connectivity index (χ4n) is 2.21. The van der Waals surface area contributed by atoms with Crippen molar-refractivity contribution in [2.75, 3.05) is 31.1 Å². The molecule has 0 radical (unpaired) electrons. The van der Waals surface area contributed by atoms with Crippen molar-refractivity contribution in [3.05, 3.63) is 5.82 Å². The van der Waals surface area contributed by atoms with Crippen molar-refractivity contribution in [3.63, 3.8) is 0 Å². The highest BCUT2D eigenvalue weighted by Crippen LogP contribution is 2.16. The summed E-state index contributed by atoms with van der Waals surface area (Å²) < 4.78 is 0. The van der Waals surface area contributed by atoms with E-state index >= 15 is 0 Å². The molecule has 94 valence electrons. The Labute approximate surface area is 100 Å². The van der Waals surface area contributed by atoms with Gasteiger partial charge in [-0.2, -0.15) is 15.0 Å². The van der Waals surface area contributed by atoms with Gasteiger partial charge in [0, 0.05) is 6.54 Å². The number of nitrogen functional groups attached to an aromatic ring is 2. The number of nitrogens with two attached hydrogens (primary N) is 3. The molecule has 7 nitrogen and oxygen atoms in total. The highest BCUT2D eigenvalue weighted by atomic mass is 15.2. The second kappa shape index (κ2) is 5.24. The molecule has 0 spiro atoms. The zero-order valence-electron chi connectivity index (χ0n) is 9.84. The summed E-state index contributed by atoms with van der Waals surface area (Å²) in [5, 5.41) is 0. The Bertz CT molecular complexity index is 361. The van der Waals surface area contributed by atoms with Gasteiger partial charge in [0.15, 0.2) is 0 Å². The Morgan fingerprint density at radius 1 is 1.18 bits per heavy atom. The lowest BCUT2D eigenvalue weighted by Crippen LogP contribution is -2.38. The molecule has 1 unspecified atom stereocenters. The molecule has 6 N–H and O–H groups in total. The van der Waals surface area contributed by atoms with Gasteiger partial charge >= 0.3 is 0 Å². The standard InChI is InChI=1S/C10H19N7/c11-4-7-2-1-3-17(5-7)6-8-14-9(12)16-10(13)15-8/h7H,1-6,11H2,(H4,12,13,14,15,16). The van der Waals surface area contributed by atoms with E-state index in [0.717, 1.165) is 26.1 Å². The van der Waals surface area contributed by atoms with Gasteiger partial charge in [-0.1, -0.05) is 0 Å². The number of piperidine rings is 1. The second-order valence-electron chi connectivity index (χ2n) is 4.45. The van der Waals surface area contributed by atoms with E-state index in [-0.39, 0.29) is 11.9 Å². The molecule has 1 aromatic heterocycles. The van der Waals surface area contributed by atoms with Crippen LogP contribution in [0.1, 0.15) is 18.7 Å². The average Bonchev–Trinajstić information content (AvgIpc) is 2.28. The van der Waals surface area contributed by atoms with Crippen LogP contribution in [-0.2, 0) is 6.54 Å². The average molecular weight is 237 g/mol. The summed E-state index contributed by atoms with van der Waals surface area (Å²) in [5.41, 5.74) is 16.8. The largest absolute Gasteiger partial charge is 0.368 e. The molecule has 0 aromatic carbocycles. The molecule has 1 atom stereocenters. The second-order valence-corrected chi connectivity index (χ2v) is 4.45. The molecule has 2 heterocycles. The van der Waals surface area contributed by atoms with Crippen molar-refractivity contribution < 1.29 is 0 Å². The Morgan fingerprint density at radius 3 is 2.53 bits per heavy atom. The molecule has 0 saturated carbocycles. The van der Waals surface area contributed by atoms with Crippen LogP contribution >= 0.6 is 0 Å². The lowest BCUT2D eigenvalue weighted by Gasteiger charge is -2.31. The number of hydrogen-bond donors (Lipinski definition) is 3. The maximum Gasteiger partial charge on any atom is 0.225 e. The van der Waals surface area contributed by atoms with Gasteiger partial charge in [0.05, 0.1) is 6.54 Å². The summed E-state index contributed by atoms with van der Waals surface area (Å²) in [5.74, 6) is 1.56. The van der Waals surface area contributed by atoms with E-state index in [9.17, 15) is 0 Å². The van der Waals surface area contributed by atoms with Crippen LogP contribution in [0.15, 0.2) is 0 Å². The van der Waals surface area contributed by atoms with Crippen LogP contribution in [0.25, 0.3) is 0 Å². The van der Waals surface area contributed by atoms with Crippen LogP contribution in [0, 0.1) is 5.92 Å². The molecule has 0 amide bonds. The number of anilines is 2. The number of aromatic nitrogens is 3. The number of rotatable bonds is 3. The van der Waals surface area contributed by atoms with Gasteiger partial charge in [0.2, 0.25) is 11.9 Å². The SMILES string of the molecule is NCC1CCCN(Cc2nc(N)nc(N)n2)C1. The Morgan fingerprint density at radius 2 is 1.88 bits per heavy atom. The van der Waals surface area contributed by atoms with Crippen molar-refractivity contribution in [3.8, 4) is 0 Å². The van der Waals surface area contributed by atoms with Gasteiger partial charge in [0.25, 0.3) is 0 Å². The molecule has 1 aliphatic rings. The van der Waals surface area contributed by atoms with Crippen molar-refractivity contribution in [2.24, 2.45) is 11.7 Å². The first-order valence-corrected chi connectivity index (χ1v) is 5.85. The Kier molecular flexibility index (Phi) is 3.70. The van der Waals surface area contributed by atoms with Crippen molar-refractivity contribution in [2.45, 2.75) is 19.4 Å². The summed E-state index contributed by atoms with van der Waals surface area (Å²) in [6.45, 7) is 3.43. The first kappa shape index (κ1) is 12.0. The molecule has 1 fully saturated rings. The number of likely N-dealkylation sites (tertiary alicyclic amines) is 1. The van der Waals surface area contributed by atoms with Crippen LogP contribution in [0.2, 0.25) is 0 Å².